The van der Waals surface area contributed by atoms with E-state index in [1.165, 1.54) is 17.8 Å². The highest BCUT2D eigenvalue weighted by molar-refractivity contribution is 7.15. The van der Waals surface area contributed by atoms with Crippen LogP contribution in [-0.4, -0.2) is 46.9 Å². The number of carbonyl (C=O) groups is 2. The fourth-order valence-electron chi connectivity index (χ4n) is 3.58. The van der Waals surface area contributed by atoms with Crippen LogP contribution in [0, 0.1) is 0 Å². The maximum absolute atomic E-state index is 13.0. The van der Waals surface area contributed by atoms with Gasteiger partial charge in [0.25, 0.3) is 0 Å². The van der Waals surface area contributed by atoms with E-state index in [2.05, 4.69) is 20.5 Å². The molecule has 31 heavy (non-hydrogen) atoms. The molecule has 0 spiro atoms. The summed E-state index contributed by atoms with van der Waals surface area (Å²) >= 11 is 13.5. The third-order valence-electron chi connectivity index (χ3n) is 5.38. The van der Waals surface area contributed by atoms with Crippen molar-refractivity contribution in [3.63, 3.8) is 0 Å². The summed E-state index contributed by atoms with van der Waals surface area (Å²) in [6.07, 6.45) is 5.29. The highest BCUT2D eigenvalue weighted by atomic mass is 35.5. The number of hydrogen-bond acceptors (Lipinski definition) is 6. The minimum Gasteiger partial charge on any atom is -0.375 e. The molecule has 4 N–H and O–H groups in total. The molecule has 7 nitrogen and oxygen atoms in total. The van der Waals surface area contributed by atoms with Crippen molar-refractivity contribution < 1.29 is 9.59 Å². The second kappa shape index (κ2) is 11.1. The Hall–Kier alpha value is -1.87. The van der Waals surface area contributed by atoms with Crippen LogP contribution in [-0.2, 0) is 22.6 Å². The Labute approximate surface area is 196 Å². The largest absolute Gasteiger partial charge is 0.375 e. The fourth-order valence-corrected chi connectivity index (χ4v) is 4.52. The Kier molecular flexibility index (Phi) is 8.54. The van der Waals surface area contributed by atoms with E-state index in [0.29, 0.717) is 28.1 Å². The number of likely N-dealkylation sites (tertiary alicyclic amines) is 1. The number of nitrogens with zero attached hydrogens (tertiary/aromatic N) is 2. The van der Waals surface area contributed by atoms with Gasteiger partial charge in [0.1, 0.15) is 6.04 Å². The Morgan fingerprint density at radius 2 is 1.94 bits per heavy atom. The first-order valence-corrected chi connectivity index (χ1v) is 11.9. The Balaban J connectivity index is 1.69. The molecule has 2 aromatic rings. The van der Waals surface area contributed by atoms with Gasteiger partial charge in [0.05, 0.1) is 22.6 Å². The molecule has 0 aliphatic carbocycles. The lowest BCUT2D eigenvalue weighted by Gasteiger charge is -2.32. The molecule has 2 atom stereocenters. The van der Waals surface area contributed by atoms with Gasteiger partial charge in [-0.2, -0.15) is 0 Å². The van der Waals surface area contributed by atoms with E-state index < -0.39 is 6.04 Å². The van der Waals surface area contributed by atoms with E-state index >= 15 is 0 Å². The third-order valence-corrected chi connectivity index (χ3v) is 6.95. The monoisotopic (exact) mass is 483 g/mol. The predicted molar refractivity (Wildman–Crippen MR) is 125 cm³/mol. The van der Waals surface area contributed by atoms with Crippen molar-refractivity contribution >= 4 is 51.5 Å². The van der Waals surface area contributed by atoms with E-state index in [0.717, 1.165) is 36.4 Å². The third kappa shape index (κ3) is 6.80. The molecule has 1 aliphatic rings. The molecule has 3 rings (SSSR count). The Bertz CT molecular complexity index is 917. The summed E-state index contributed by atoms with van der Waals surface area (Å²) in [5.74, 6) is -0.443. The van der Waals surface area contributed by atoms with Crippen molar-refractivity contribution in [2.75, 3.05) is 18.8 Å². The highest BCUT2D eigenvalue weighted by Crippen LogP contribution is 2.23. The number of nitrogens with two attached hydrogens (primary N) is 1. The van der Waals surface area contributed by atoms with E-state index in [-0.39, 0.29) is 17.9 Å². The number of nitrogens with one attached hydrogen (secondary N) is 2. The number of anilines is 1. The second-order valence-corrected chi connectivity index (χ2v) is 9.63. The topological polar surface area (TPSA) is 100 Å². The predicted octanol–water partition coefficient (Wildman–Crippen LogP) is 3.25. The minimum atomic E-state index is -0.748. The normalized spacial score (nSPS) is 16.5. The number of rotatable bonds is 8. The molecule has 0 unspecified atom stereocenters. The molecule has 2 heterocycles. The van der Waals surface area contributed by atoms with Crippen LogP contribution in [0.1, 0.15) is 36.6 Å². The average molecular weight is 484 g/mol. The summed E-state index contributed by atoms with van der Waals surface area (Å²) in [5, 5.41) is 7.10. The number of benzene rings is 1. The summed E-state index contributed by atoms with van der Waals surface area (Å²) in [5.41, 5.74) is 6.46. The fraction of sp³-hybridized carbons (Fsp3) is 0.476. The number of thiazole rings is 1. The van der Waals surface area contributed by atoms with Crippen LogP contribution >= 0.6 is 34.5 Å². The van der Waals surface area contributed by atoms with Crippen LogP contribution in [0.25, 0.3) is 0 Å². The van der Waals surface area contributed by atoms with Gasteiger partial charge in [-0.05, 0) is 50.6 Å². The van der Waals surface area contributed by atoms with Crippen LogP contribution in [0.4, 0.5) is 5.13 Å². The zero-order chi connectivity index (χ0) is 22.4. The molecule has 1 aromatic carbocycles. The molecular formula is C21H27Cl2N5O2S. The van der Waals surface area contributed by atoms with Gasteiger partial charge in [0.2, 0.25) is 11.8 Å². The lowest BCUT2D eigenvalue weighted by atomic mass is 10.0. The molecule has 1 aromatic heterocycles. The van der Waals surface area contributed by atoms with Crippen molar-refractivity contribution in [2.24, 2.45) is 0 Å². The smallest absolute Gasteiger partial charge is 0.243 e. The Morgan fingerprint density at radius 1 is 1.19 bits per heavy atom. The number of halogens is 2. The Morgan fingerprint density at radius 3 is 2.58 bits per heavy atom. The SMILES string of the molecule is C[C@H](C(=O)N[C@@H](Cc1ccc(Cl)c(Cl)c1)C(=O)NCc1cnc(N)s1)N1CCCCC1. The van der Waals surface area contributed by atoms with Crippen molar-refractivity contribution in [1.82, 2.24) is 20.5 Å². The zero-order valence-corrected chi connectivity index (χ0v) is 19.7. The van der Waals surface area contributed by atoms with Crippen LogP contribution in [0.15, 0.2) is 24.4 Å². The van der Waals surface area contributed by atoms with E-state index in [1.54, 1.807) is 24.4 Å². The summed E-state index contributed by atoms with van der Waals surface area (Å²) < 4.78 is 0. The quantitative estimate of drug-likeness (QED) is 0.534. The molecule has 168 valence electrons. The summed E-state index contributed by atoms with van der Waals surface area (Å²) in [7, 11) is 0. The first-order chi connectivity index (χ1) is 14.8. The lowest BCUT2D eigenvalue weighted by molar-refractivity contribution is -0.132. The van der Waals surface area contributed by atoms with Gasteiger partial charge in [-0.3, -0.25) is 14.5 Å². The average Bonchev–Trinajstić information content (AvgIpc) is 3.19. The number of hydrogen-bond donors (Lipinski definition) is 3. The second-order valence-electron chi connectivity index (χ2n) is 7.67. The van der Waals surface area contributed by atoms with Gasteiger partial charge in [-0.1, -0.05) is 35.7 Å². The van der Waals surface area contributed by atoms with Crippen molar-refractivity contribution in [3.05, 3.63) is 44.9 Å². The van der Waals surface area contributed by atoms with Gasteiger partial charge in [-0.25, -0.2) is 4.98 Å². The number of aromatic nitrogens is 1. The number of carbonyl (C=O) groups excluding carboxylic acids is 2. The van der Waals surface area contributed by atoms with Gasteiger partial charge in [0.15, 0.2) is 5.13 Å². The van der Waals surface area contributed by atoms with Crippen molar-refractivity contribution in [2.45, 2.75) is 51.2 Å². The van der Waals surface area contributed by atoms with Crippen LogP contribution < -0.4 is 16.4 Å². The van der Waals surface area contributed by atoms with E-state index in [9.17, 15) is 9.59 Å². The molecule has 0 saturated carbocycles. The molecule has 1 saturated heterocycles. The van der Waals surface area contributed by atoms with Crippen LogP contribution in [0.2, 0.25) is 10.0 Å². The van der Waals surface area contributed by atoms with Crippen molar-refractivity contribution in [1.29, 1.82) is 0 Å². The van der Waals surface area contributed by atoms with Gasteiger partial charge >= 0.3 is 0 Å². The molecule has 10 heteroatoms. The maximum atomic E-state index is 13.0. The first kappa shape index (κ1) is 23.8. The summed E-state index contributed by atoms with van der Waals surface area (Å²) in [6, 6.07) is 4.16. The van der Waals surface area contributed by atoms with Crippen molar-refractivity contribution in [3.8, 4) is 0 Å². The summed E-state index contributed by atoms with van der Waals surface area (Å²) in [6.45, 7) is 3.97. The molecule has 0 radical (unpaired) electrons. The standard InChI is InChI=1S/C21H27Cl2N5O2S/c1-13(28-7-3-2-4-8-28)19(29)27-18(10-14-5-6-16(22)17(23)9-14)20(30)25-11-15-12-26-21(24)31-15/h5-6,9,12-13,18H,2-4,7-8,10-11H2,1H3,(H2,24,26)(H,25,30)(H,27,29)/t13-,18+/m1/s1. The van der Waals surface area contributed by atoms with Gasteiger partial charge < -0.3 is 16.4 Å². The summed E-state index contributed by atoms with van der Waals surface area (Å²) in [4.78, 5) is 32.9. The van der Waals surface area contributed by atoms with E-state index in [4.69, 9.17) is 28.9 Å². The molecule has 0 bridgehead atoms. The minimum absolute atomic E-state index is 0.163. The van der Waals surface area contributed by atoms with Gasteiger partial charge in [0, 0.05) is 17.5 Å². The highest BCUT2D eigenvalue weighted by Gasteiger charge is 2.28. The maximum Gasteiger partial charge on any atom is 0.243 e. The molecule has 2 amide bonds. The molecule has 1 fully saturated rings. The van der Waals surface area contributed by atoms with E-state index in [1.807, 2.05) is 6.92 Å². The lowest BCUT2D eigenvalue weighted by Crippen LogP contribution is -2.54. The molecular weight excluding hydrogens is 457 g/mol. The first-order valence-electron chi connectivity index (χ1n) is 10.3. The van der Waals surface area contributed by atoms with Gasteiger partial charge in [-0.15, -0.1) is 11.3 Å². The van der Waals surface area contributed by atoms with Crippen LogP contribution in [0.3, 0.4) is 0 Å². The number of amides is 2. The van der Waals surface area contributed by atoms with Crippen LogP contribution in [0.5, 0.6) is 0 Å². The molecule has 1 aliphatic heterocycles. The number of piperidine rings is 1. The zero-order valence-electron chi connectivity index (χ0n) is 17.4. The number of nitrogen functional groups attached to an aromatic ring is 1.